The lowest BCUT2D eigenvalue weighted by molar-refractivity contribution is -0.139. The number of piperidine rings is 1. The molecule has 136 valence electrons. The third kappa shape index (κ3) is 5.09. The number of likely N-dealkylation sites (tertiary alicyclic amines) is 1. The fraction of sp³-hybridized carbons (Fsp3) is 0.471. The summed E-state index contributed by atoms with van der Waals surface area (Å²) in [6, 6.07) is 4.71. The van der Waals surface area contributed by atoms with Crippen molar-refractivity contribution < 1.29 is 19.5 Å². The van der Waals surface area contributed by atoms with Gasteiger partial charge in [-0.1, -0.05) is 23.2 Å². The van der Waals surface area contributed by atoms with E-state index in [0.29, 0.717) is 35.1 Å². The van der Waals surface area contributed by atoms with Gasteiger partial charge in [0.15, 0.2) is 0 Å². The third-order valence-corrected chi connectivity index (χ3v) is 5.00. The average Bonchev–Trinajstić information content (AvgIpc) is 2.60. The molecule has 0 spiro atoms. The molecule has 1 aliphatic rings. The number of rotatable bonds is 5. The van der Waals surface area contributed by atoms with Gasteiger partial charge >= 0.3 is 5.97 Å². The molecule has 2 amide bonds. The molecule has 1 fully saturated rings. The van der Waals surface area contributed by atoms with Crippen LogP contribution in [0.5, 0.6) is 0 Å². The minimum atomic E-state index is -0.945. The first-order chi connectivity index (χ1) is 11.8. The Balaban J connectivity index is 2.02. The molecule has 0 saturated carbocycles. The van der Waals surface area contributed by atoms with Crippen LogP contribution in [0.4, 0.5) is 0 Å². The second-order valence-electron chi connectivity index (χ2n) is 6.12. The Hall–Kier alpha value is -1.79. The molecule has 8 heteroatoms. The molecule has 0 radical (unpaired) electrons. The number of hydrogen-bond acceptors (Lipinski definition) is 3. The van der Waals surface area contributed by atoms with Crippen molar-refractivity contribution in [1.82, 2.24) is 9.80 Å². The van der Waals surface area contributed by atoms with Crippen LogP contribution in [-0.4, -0.2) is 59.4 Å². The standard InChI is InChI=1S/C17H20Cl2N2O4/c1-20(8-6-15(22)23)16(24)12-3-2-7-21(10-12)17(25)11-4-5-13(18)14(19)9-11/h4-5,9,12H,2-3,6-8,10H2,1H3,(H,22,23). The molecule has 25 heavy (non-hydrogen) atoms. The van der Waals surface area contributed by atoms with Crippen LogP contribution in [0.1, 0.15) is 29.6 Å². The second-order valence-corrected chi connectivity index (χ2v) is 6.94. The summed E-state index contributed by atoms with van der Waals surface area (Å²) in [4.78, 5) is 38.8. The molecule has 1 N–H and O–H groups in total. The quantitative estimate of drug-likeness (QED) is 0.843. The molecule has 1 aromatic rings. The summed E-state index contributed by atoms with van der Waals surface area (Å²) in [5, 5.41) is 9.42. The summed E-state index contributed by atoms with van der Waals surface area (Å²) >= 11 is 11.8. The van der Waals surface area contributed by atoms with Crippen molar-refractivity contribution >= 4 is 41.0 Å². The SMILES string of the molecule is CN(CCC(=O)O)C(=O)C1CCCN(C(=O)c2ccc(Cl)c(Cl)c2)C1. The smallest absolute Gasteiger partial charge is 0.305 e. The van der Waals surface area contributed by atoms with Crippen molar-refractivity contribution in [2.75, 3.05) is 26.7 Å². The van der Waals surface area contributed by atoms with E-state index in [1.54, 1.807) is 24.1 Å². The summed E-state index contributed by atoms with van der Waals surface area (Å²) in [6.45, 7) is 1.04. The highest BCUT2D eigenvalue weighted by atomic mass is 35.5. The fourth-order valence-corrected chi connectivity index (χ4v) is 3.16. The Morgan fingerprint density at radius 3 is 2.64 bits per heavy atom. The van der Waals surface area contributed by atoms with Gasteiger partial charge in [-0.05, 0) is 31.0 Å². The third-order valence-electron chi connectivity index (χ3n) is 4.26. The largest absolute Gasteiger partial charge is 0.481 e. The van der Waals surface area contributed by atoms with E-state index in [9.17, 15) is 14.4 Å². The lowest BCUT2D eigenvalue weighted by atomic mass is 9.96. The molecule has 6 nitrogen and oxygen atoms in total. The van der Waals surface area contributed by atoms with Gasteiger partial charge in [-0.2, -0.15) is 0 Å². The van der Waals surface area contributed by atoms with Crippen molar-refractivity contribution in [2.24, 2.45) is 5.92 Å². The molecule has 1 heterocycles. The highest BCUT2D eigenvalue weighted by molar-refractivity contribution is 6.42. The fourth-order valence-electron chi connectivity index (χ4n) is 2.86. The number of carboxylic acid groups (broad SMARTS) is 1. The number of carbonyl (C=O) groups excluding carboxylic acids is 2. The van der Waals surface area contributed by atoms with Crippen LogP contribution < -0.4 is 0 Å². The number of carboxylic acids is 1. The van der Waals surface area contributed by atoms with E-state index in [0.717, 1.165) is 6.42 Å². The van der Waals surface area contributed by atoms with E-state index >= 15 is 0 Å². The monoisotopic (exact) mass is 386 g/mol. The number of aliphatic carboxylic acids is 1. The van der Waals surface area contributed by atoms with E-state index in [2.05, 4.69) is 0 Å². The van der Waals surface area contributed by atoms with Crippen LogP contribution in [0.2, 0.25) is 10.0 Å². The van der Waals surface area contributed by atoms with E-state index in [1.165, 1.54) is 11.0 Å². The molecule has 0 aromatic heterocycles. The second kappa shape index (κ2) is 8.54. The minimum absolute atomic E-state index is 0.0964. The molecule has 1 atom stereocenters. The normalized spacial score (nSPS) is 17.2. The summed E-state index contributed by atoms with van der Waals surface area (Å²) in [5.41, 5.74) is 0.432. The van der Waals surface area contributed by atoms with Gasteiger partial charge in [0.2, 0.25) is 5.91 Å². The number of nitrogens with zero attached hydrogens (tertiary/aromatic N) is 2. The van der Waals surface area contributed by atoms with Crippen molar-refractivity contribution in [3.05, 3.63) is 33.8 Å². The summed E-state index contributed by atoms with van der Waals surface area (Å²) in [5.74, 6) is -1.59. The lowest BCUT2D eigenvalue weighted by Crippen LogP contribution is -2.46. The zero-order chi connectivity index (χ0) is 18.6. The van der Waals surface area contributed by atoms with Crippen LogP contribution >= 0.6 is 23.2 Å². The molecule has 0 bridgehead atoms. The van der Waals surface area contributed by atoms with Crippen molar-refractivity contribution in [1.29, 1.82) is 0 Å². The van der Waals surface area contributed by atoms with Gasteiger partial charge in [0.05, 0.1) is 22.4 Å². The maximum atomic E-state index is 12.6. The number of hydrogen-bond donors (Lipinski definition) is 1. The summed E-state index contributed by atoms with van der Waals surface area (Å²) in [6.07, 6.45) is 1.30. The van der Waals surface area contributed by atoms with E-state index in [1.807, 2.05) is 0 Å². The topological polar surface area (TPSA) is 77.9 Å². The van der Waals surface area contributed by atoms with E-state index in [4.69, 9.17) is 28.3 Å². The zero-order valence-corrected chi connectivity index (χ0v) is 15.4. The Bertz CT molecular complexity index is 681. The van der Waals surface area contributed by atoms with E-state index < -0.39 is 5.97 Å². The maximum absolute atomic E-state index is 12.6. The summed E-state index contributed by atoms with van der Waals surface area (Å²) in [7, 11) is 1.59. The van der Waals surface area contributed by atoms with E-state index in [-0.39, 0.29) is 30.7 Å². The lowest BCUT2D eigenvalue weighted by Gasteiger charge is -2.34. The average molecular weight is 387 g/mol. The Kier molecular flexibility index (Phi) is 6.67. The Morgan fingerprint density at radius 1 is 1.28 bits per heavy atom. The van der Waals surface area contributed by atoms with Crippen molar-refractivity contribution in [2.45, 2.75) is 19.3 Å². The van der Waals surface area contributed by atoms with Gasteiger partial charge in [-0.15, -0.1) is 0 Å². The minimum Gasteiger partial charge on any atom is -0.481 e. The highest BCUT2D eigenvalue weighted by Gasteiger charge is 2.30. The van der Waals surface area contributed by atoms with Gasteiger partial charge in [-0.25, -0.2) is 0 Å². The van der Waals surface area contributed by atoms with Crippen LogP contribution in [-0.2, 0) is 9.59 Å². The van der Waals surface area contributed by atoms with Crippen molar-refractivity contribution in [3.8, 4) is 0 Å². The summed E-state index contributed by atoms with van der Waals surface area (Å²) < 4.78 is 0. The molecule has 1 aliphatic heterocycles. The van der Waals surface area contributed by atoms with Crippen LogP contribution in [0.25, 0.3) is 0 Å². The van der Waals surface area contributed by atoms with Gasteiger partial charge < -0.3 is 14.9 Å². The Morgan fingerprint density at radius 2 is 2.00 bits per heavy atom. The predicted molar refractivity (Wildman–Crippen MR) is 95.0 cm³/mol. The molecule has 1 unspecified atom stereocenters. The highest BCUT2D eigenvalue weighted by Crippen LogP contribution is 2.25. The first kappa shape index (κ1) is 19.5. The van der Waals surface area contributed by atoms with Crippen LogP contribution in [0.15, 0.2) is 18.2 Å². The molecular weight excluding hydrogens is 367 g/mol. The Labute approximate surface area is 156 Å². The molecule has 0 aliphatic carbocycles. The zero-order valence-electron chi connectivity index (χ0n) is 13.9. The van der Waals surface area contributed by atoms with Gasteiger partial charge in [0.25, 0.3) is 5.91 Å². The van der Waals surface area contributed by atoms with Gasteiger partial charge in [0.1, 0.15) is 0 Å². The van der Waals surface area contributed by atoms with Crippen molar-refractivity contribution in [3.63, 3.8) is 0 Å². The first-order valence-electron chi connectivity index (χ1n) is 8.00. The first-order valence-corrected chi connectivity index (χ1v) is 8.76. The molecule has 1 saturated heterocycles. The molecular formula is C17H20Cl2N2O4. The number of halogens is 2. The van der Waals surface area contributed by atoms with Gasteiger partial charge in [-0.3, -0.25) is 14.4 Å². The van der Waals surface area contributed by atoms with Gasteiger partial charge in [0, 0.05) is 32.2 Å². The predicted octanol–water partition coefficient (Wildman–Crippen LogP) is 2.78. The molecule has 1 aromatic carbocycles. The number of carbonyl (C=O) groups is 3. The van der Waals surface area contributed by atoms with Crippen LogP contribution in [0.3, 0.4) is 0 Å². The number of benzene rings is 1. The molecule has 2 rings (SSSR count). The van der Waals surface area contributed by atoms with Crippen LogP contribution in [0, 0.1) is 5.92 Å². The maximum Gasteiger partial charge on any atom is 0.305 e. The number of amides is 2.